The molecule has 1 heterocycles. The van der Waals surface area contributed by atoms with E-state index in [4.69, 9.17) is 4.42 Å². The van der Waals surface area contributed by atoms with Gasteiger partial charge in [0, 0.05) is 22.8 Å². The van der Waals surface area contributed by atoms with Crippen LogP contribution in [0.3, 0.4) is 0 Å². The molecule has 0 saturated carbocycles. The van der Waals surface area contributed by atoms with Gasteiger partial charge in [-0.15, -0.1) is 0 Å². The molecule has 2 rings (SSSR count). The number of alkyl halides is 1. The van der Waals surface area contributed by atoms with E-state index in [1.807, 2.05) is 0 Å². The van der Waals surface area contributed by atoms with Gasteiger partial charge in [-0.3, -0.25) is 0 Å². The van der Waals surface area contributed by atoms with Gasteiger partial charge in [-0.1, -0.05) is 15.9 Å². The monoisotopic (exact) mass is 268 g/mol. The van der Waals surface area contributed by atoms with Crippen molar-refractivity contribution in [3.63, 3.8) is 0 Å². The highest BCUT2D eigenvalue weighted by molar-refractivity contribution is 9.09. The van der Waals surface area contributed by atoms with Crippen LogP contribution in [0, 0.1) is 0 Å². The molecule has 0 saturated heterocycles. The third-order valence-electron chi connectivity index (χ3n) is 2.18. The summed E-state index contributed by atoms with van der Waals surface area (Å²) in [6, 6.07) is 6.28. The maximum absolute atomic E-state index is 11.2. The molecule has 1 aromatic heterocycles. The number of phenolic OH excluding ortho intramolecular Hbond substituents is 1. The second-order valence-corrected chi connectivity index (χ2v) is 4.00. The van der Waals surface area contributed by atoms with Crippen molar-refractivity contribution in [3.8, 4) is 5.75 Å². The number of phenols is 1. The Kier molecular flexibility index (Phi) is 2.77. The molecule has 0 aliphatic heterocycles. The van der Waals surface area contributed by atoms with E-state index < -0.39 is 0 Å². The van der Waals surface area contributed by atoms with Crippen molar-refractivity contribution in [2.75, 3.05) is 5.33 Å². The molecule has 0 radical (unpaired) electrons. The minimum Gasteiger partial charge on any atom is -0.508 e. The minimum absolute atomic E-state index is 0.0987. The van der Waals surface area contributed by atoms with Gasteiger partial charge in [-0.2, -0.15) is 0 Å². The SMILES string of the molecule is O=c1cc(CCBr)c2ccc(O)cc2o1. The molecule has 0 unspecified atom stereocenters. The fraction of sp³-hybridized carbons (Fsp3) is 0.182. The van der Waals surface area contributed by atoms with Crippen LogP contribution < -0.4 is 5.63 Å². The molecule has 3 nitrogen and oxygen atoms in total. The summed E-state index contributed by atoms with van der Waals surface area (Å²) in [6.45, 7) is 0. The summed E-state index contributed by atoms with van der Waals surface area (Å²) in [7, 11) is 0. The van der Waals surface area contributed by atoms with E-state index in [2.05, 4.69) is 15.9 Å². The van der Waals surface area contributed by atoms with E-state index in [9.17, 15) is 9.90 Å². The number of rotatable bonds is 2. The zero-order valence-electron chi connectivity index (χ0n) is 7.87. The molecule has 15 heavy (non-hydrogen) atoms. The zero-order valence-corrected chi connectivity index (χ0v) is 9.45. The fourth-order valence-electron chi connectivity index (χ4n) is 1.53. The first-order valence-electron chi connectivity index (χ1n) is 4.52. The van der Waals surface area contributed by atoms with E-state index >= 15 is 0 Å². The van der Waals surface area contributed by atoms with Crippen LogP contribution in [-0.2, 0) is 6.42 Å². The number of aromatic hydroxyl groups is 1. The van der Waals surface area contributed by atoms with Crippen molar-refractivity contribution in [2.45, 2.75) is 6.42 Å². The summed E-state index contributed by atoms with van der Waals surface area (Å²) in [5, 5.41) is 10.9. The summed E-state index contributed by atoms with van der Waals surface area (Å²) in [5.74, 6) is 0.0987. The molecule has 0 aliphatic rings. The van der Waals surface area contributed by atoms with Crippen molar-refractivity contribution in [1.29, 1.82) is 0 Å². The van der Waals surface area contributed by atoms with Crippen molar-refractivity contribution in [1.82, 2.24) is 0 Å². The molecule has 4 heteroatoms. The molecular weight excluding hydrogens is 260 g/mol. The van der Waals surface area contributed by atoms with Crippen molar-refractivity contribution >= 4 is 26.9 Å². The van der Waals surface area contributed by atoms with Crippen LogP contribution in [-0.4, -0.2) is 10.4 Å². The quantitative estimate of drug-likeness (QED) is 0.673. The van der Waals surface area contributed by atoms with E-state index in [1.54, 1.807) is 12.1 Å². The number of aryl methyl sites for hydroxylation is 1. The molecule has 1 aromatic carbocycles. The van der Waals surface area contributed by atoms with Crippen molar-refractivity contribution < 1.29 is 9.52 Å². The van der Waals surface area contributed by atoms with Gasteiger partial charge in [-0.25, -0.2) is 4.79 Å². The van der Waals surface area contributed by atoms with Gasteiger partial charge in [-0.05, 0) is 24.1 Å². The van der Waals surface area contributed by atoms with Crippen LogP contribution in [0.1, 0.15) is 5.56 Å². The largest absolute Gasteiger partial charge is 0.508 e. The Labute approximate surface area is 94.5 Å². The molecule has 0 atom stereocenters. The highest BCUT2D eigenvalue weighted by Crippen LogP contribution is 2.22. The van der Waals surface area contributed by atoms with E-state index in [1.165, 1.54) is 12.1 Å². The topological polar surface area (TPSA) is 50.4 Å². The number of hydrogen-bond acceptors (Lipinski definition) is 3. The Morgan fingerprint density at radius 3 is 2.87 bits per heavy atom. The molecule has 0 bridgehead atoms. The molecule has 0 aliphatic carbocycles. The average molecular weight is 269 g/mol. The zero-order chi connectivity index (χ0) is 10.8. The second-order valence-electron chi connectivity index (χ2n) is 3.21. The van der Waals surface area contributed by atoms with E-state index in [0.717, 1.165) is 22.7 Å². The van der Waals surface area contributed by atoms with Crippen LogP contribution >= 0.6 is 15.9 Å². The molecular formula is C11H9BrO3. The lowest BCUT2D eigenvalue weighted by Crippen LogP contribution is -2.01. The van der Waals surface area contributed by atoms with E-state index in [-0.39, 0.29) is 11.4 Å². The van der Waals surface area contributed by atoms with Gasteiger partial charge in [0.1, 0.15) is 11.3 Å². The first kappa shape index (κ1) is 10.2. The van der Waals surface area contributed by atoms with Gasteiger partial charge in [0.25, 0.3) is 0 Å². The first-order chi connectivity index (χ1) is 7.20. The number of hydrogen-bond donors (Lipinski definition) is 1. The van der Waals surface area contributed by atoms with Gasteiger partial charge in [0.2, 0.25) is 0 Å². The van der Waals surface area contributed by atoms with E-state index in [0.29, 0.717) is 5.58 Å². The van der Waals surface area contributed by atoms with Crippen LogP contribution in [0.15, 0.2) is 33.5 Å². The Hall–Kier alpha value is -1.29. The summed E-state index contributed by atoms with van der Waals surface area (Å²) in [6.07, 6.45) is 0.757. The Balaban J connectivity index is 2.74. The highest BCUT2D eigenvalue weighted by atomic mass is 79.9. The van der Waals surface area contributed by atoms with Gasteiger partial charge in [0.15, 0.2) is 0 Å². The molecule has 0 fully saturated rings. The fourth-order valence-corrected chi connectivity index (χ4v) is 1.95. The lowest BCUT2D eigenvalue weighted by Gasteiger charge is -2.03. The highest BCUT2D eigenvalue weighted by Gasteiger charge is 2.05. The van der Waals surface area contributed by atoms with Crippen molar-refractivity contribution in [3.05, 3.63) is 40.2 Å². The summed E-state index contributed by atoms with van der Waals surface area (Å²) in [4.78, 5) is 11.2. The van der Waals surface area contributed by atoms with Crippen LogP contribution in [0.4, 0.5) is 0 Å². The molecule has 2 aromatic rings. The third-order valence-corrected chi connectivity index (χ3v) is 2.57. The lowest BCUT2D eigenvalue weighted by molar-refractivity contribution is 0.473. The maximum atomic E-state index is 11.2. The average Bonchev–Trinajstić information content (AvgIpc) is 2.17. The van der Waals surface area contributed by atoms with Crippen LogP contribution in [0.2, 0.25) is 0 Å². The summed E-state index contributed by atoms with van der Waals surface area (Å²) in [5.41, 5.74) is 0.973. The van der Waals surface area contributed by atoms with Crippen molar-refractivity contribution in [2.24, 2.45) is 0 Å². The smallest absolute Gasteiger partial charge is 0.336 e. The predicted molar refractivity (Wildman–Crippen MR) is 61.6 cm³/mol. The predicted octanol–water partition coefficient (Wildman–Crippen LogP) is 2.44. The normalized spacial score (nSPS) is 10.7. The molecule has 0 spiro atoms. The molecule has 0 amide bonds. The van der Waals surface area contributed by atoms with Gasteiger partial charge in [0.05, 0.1) is 0 Å². The standard InChI is InChI=1S/C11H9BrO3/c12-4-3-7-5-11(14)15-10-6-8(13)1-2-9(7)10/h1-2,5-6,13H,3-4H2. The minimum atomic E-state index is -0.385. The summed E-state index contributed by atoms with van der Waals surface area (Å²) < 4.78 is 5.00. The Bertz CT molecular complexity index is 545. The summed E-state index contributed by atoms with van der Waals surface area (Å²) >= 11 is 3.33. The first-order valence-corrected chi connectivity index (χ1v) is 5.64. The van der Waals surface area contributed by atoms with Crippen LogP contribution in [0.25, 0.3) is 11.0 Å². The second kappa shape index (κ2) is 4.06. The third kappa shape index (κ3) is 2.04. The number of halogens is 1. The van der Waals surface area contributed by atoms with Gasteiger partial charge >= 0.3 is 5.63 Å². The maximum Gasteiger partial charge on any atom is 0.336 e. The molecule has 78 valence electrons. The van der Waals surface area contributed by atoms with Crippen LogP contribution in [0.5, 0.6) is 5.75 Å². The number of fused-ring (bicyclic) bond motifs is 1. The Morgan fingerprint density at radius 1 is 1.33 bits per heavy atom. The molecule has 1 N–H and O–H groups in total. The lowest BCUT2D eigenvalue weighted by atomic mass is 10.1. The van der Waals surface area contributed by atoms with Gasteiger partial charge < -0.3 is 9.52 Å². The number of benzene rings is 1. The Morgan fingerprint density at radius 2 is 2.13 bits per heavy atom.